The van der Waals surface area contributed by atoms with Gasteiger partial charge < -0.3 is 15.4 Å². The van der Waals surface area contributed by atoms with Crippen LogP contribution in [-0.2, 0) is 0 Å². The molecule has 0 bridgehead atoms. The summed E-state index contributed by atoms with van der Waals surface area (Å²) in [5, 5.41) is 5.79. The third-order valence-electron chi connectivity index (χ3n) is 4.40. The molecule has 3 rings (SSSR count). The number of para-hydroxylation sites is 1. The van der Waals surface area contributed by atoms with E-state index < -0.39 is 0 Å². The molecule has 3 aromatic rings. The number of amides is 2. The zero-order valence-electron chi connectivity index (χ0n) is 15.8. The SMILES string of the molecule is COc1cccc(C(=O)Nc2ccccc2C(=O)NC(C)c2ccccc2)c1. The van der Waals surface area contributed by atoms with Crippen LogP contribution in [0.25, 0.3) is 0 Å². The van der Waals surface area contributed by atoms with Gasteiger partial charge in [-0.2, -0.15) is 0 Å². The Labute approximate surface area is 164 Å². The predicted octanol–water partition coefficient (Wildman–Crippen LogP) is 4.44. The summed E-state index contributed by atoms with van der Waals surface area (Å²) in [5.74, 6) is 0.0310. The van der Waals surface area contributed by atoms with Crippen LogP contribution in [0, 0.1) is 0 Å². The van der Waals surface area contributed by atoms with E-state index in [0.717, 1.165) is 5.56 Å². The molecule has 2 N–H and O–H groups in total. The molecule has 1 unspecified atom stereocenters. The molecule has 142 valence electrons. The van der Waals surface area contributed by atoms with E-state index >= 15 is 0 Å². The fourth-order valence-electron chi connectivity index (χ4n) is 2.85. The highest BCUT2D eigenvalue weighted by molar-refractivity contribution is 6.09. The summed E-state index contributed by atoms with van der Waals surface area (Å²) >= 11 is 0. The van der Waals surface area contributed by atoms with Crippen LogP contribution in [0.3, 0.4) is 0 Å². The van der Waals surface area contributed by atoms with Gasteiger partial charge in [0.15, 0.2) is 0 Å². The van der Waals surface area contributed by atoms with Crippen molar-refractivity contribution in [2.45, 2.75) is 13.0 Å². The van der Waals surface area contributed by atoms with E-state index in [1.54, 1.807) is 55.6 Å². The van der Waals surface area contributed by atoms with Gasteiger partial charge in [0.2, 0.25) is 0 Å². The first-order valence-corrected chi connectivity index (χ1v) is 8.98. The lowest BCUT2D eigenvalue weighted by atomic mass is 10.1. The van der Waals surface area contributed by atoms with E-state index in [-0.39, 0.29) is 17.9 Å². The van der Waals surface area contributed by atoms with Crippen molar-refractivity contribution < 1.29 is 14.3 Å². The van der Waals surface area contributed by atoms with E-state index in [9.17, 15) is 9.59 Å². The second-order valence-electron chi connectivity index (χ2n) is 6.34. The maximum absolute atomic E-state index is 12.8. The number of hydrogen-bond donors (Lipinski definition) is 2. The first-order chi connectivity index (χ1) is 13.6. The summed E-state index contributed by atoms with van der Waals surface area (Å²) in [4.78, 5) is 25.4. The zero-order chi connectivity index (χ0) is 19.9. The van der Waals surface area contributed by atoms with Gasteiger partial charge in [0.25, 0.3) is 11.8 Å². The summed E-state index contributed by atoms with van der Waals surface area (Å²) in [6.07, 6.45) is 0. The Balaban J connectivity index is 1.77. The molecule has 0 radical (unpaired) electrons. The summed E-state index contributed by atoms with van der Waals surface area (Å²) in [5.41, 5.74) is 2.32. The molecule has 0 aliphatic heterocycles. The number of anilines is 1. The molecular formula is C23H22N2O3. The predicted molar refractivity (Wildman–Crippen MR) is 110 cm³/mol. The average molecular weight is 374 g/mol. The molecule has 0 aromatic heterocycles. The van der Waals surface area contributed by atoms with Crippen LogP contribution < -0.4 is 15.4 Å². The molecule has 2 amide bonds. The first-order valence-electron chi connectivity index (χ1n) is 8.98. The van der Waals surface area contributed by atoms with Crippen molar-refractivity contribution in [3.8, 4) is 5.75 Å². The minimum Gasteiger partial charge on any atom is -0.497 e. The highest BCUT2D eigenvalue weighted by Gasteiger charge is 2.16. The normalized spacial score (nSPS) is 11.4. The van der Waals surface area contributed by atoms with E-state index in [2.05, 4.69) is 10.6 Å². The highest BCUT2D eigenvalue weighted by Crippen LogP contribution is 2.20. The molecule has 0 aliphatic carbocycles. The van der Waals surface area contributed by atoms with Gasteiger partial charge in [0.1, 0.15) is 5.75 Å². The minimum absolute atomic E-state index is 0.157. The van der Waals surface area contributed by atoms with Gasteiger partial charge in [-0.1, -0.05) is 48.5 Å². The number of methoxy groups -OCH3 is 1. The van der Waals surface area contributed by atoms with Crippen LogP contribution in [0.5, 0.6) is 5.75 Å². The smallest absolute Gasteiger partial charge is 0.255 e. The number of carbonyl (C=O) groups is 2. The van der Waals surface area contributed by atoms with Crippen LogP contribution >= 0.6 is 0 Å². The first kappa shape index (κ1) is 19.2. The lowest BCUT2D eigenvalue weighted by molar-refractivity contribution is 0.0941. The third kappa shape index (κ3) is 4.57. The minimum atomic E-state index is -0.310. The van der Waals surface area contributed by atoms with Gasteiger partial charge in [-0.15, -0.1) is 0 Å². The average Bonchev–Trinajstić information content (AvgIpc) is 2.74. The Morgan fingerprint density at radius 1 is 0.857 bits per heavy atom. The number of nitrogens with one attached hydrogen (secondary N) is 2. The van der Waals surface area contributed by atoms with Crippen molar-refractivity contribution in [1.29, 1.82) is 0 Å². The topological polar surface area (TPSA) is 67.4 Å². The second kappa shape index (κ2) is 8.86. The maximum Gasteiger partial charge on any atom is 0.255 e. The maximum atomic E-state index is 12.8. The molecule has 5 heteroatoms. The number of hydrogen-bond acceptors (Lipinski definition) is 3. The molecule has 0 fully saturated rings. The summed E-state index contributed by atoms with van der Waals surface area (Å²) in [6, 6.07) is 23.3. The van der Waals surface area contributed by atoms with Crippen molar-refractivity contribution >= 4 is 17.5 Å². The third-order valence-corrected chi connectivity index (χ3v) is 4.40. The standard InChI is InChI=1S/C23H22N2O3/c1-16(17-9-4-3-5-10-17)24-23(27)20-13-6-7-14-21(20)25-22(26)18-11-8-12-19(15-18)28-2/h3-16H,1-2H3,(H,24,27)(H,25,26). The van der Waals surface area contributed by atoms with Crippen molar-refractivity contribution in [1.82, 2.24) is 5.32 Å². The fraction of sp³-hybridized carbons (Fsp3) is 0.130. The molecule has 3 aromatic carbocycles. The highest BCUT2D eigenvalue weighted by atomic mass is 16.5. The number of ether oxygens (including phenoxy) is 1. The fourth-order valence-corrected chi connectivity index (χ4v) is 2.85. The van der Waals surface area contributed by atoms with Crippen LogP contribution in [0.2, 0.25) is 0 Å². The van der Waals surface area contributed by atoms with Gasteiger partial charge in [-0.3, -0.25) is 9.59 Å². The molecule has 1 atom stereocenters. The number of benzene rings is 3. The van der Waals surface area contributed by atoms with Crippen LogP contribution in [0.4, 0.5) is 5.69 Å². The molecule has 5 nitrogen and oxygen atoms in total. The lowest BCUT2D eigenvalue weighted by Crippen LogP contribution is -2.28. The molecule has 0 saturated carbocycles. The molecule has 0 aliphatic rings. The molecule has 0 heterocycles. The summed E-state index contributed by atoms with van der Waals surface area (Å²) < 4.78 is 5.16. The van der Waals surface area contributed by atoms with E-state index in [1.807, 2.05) is 37.3 Å². The van der Waals surface area contributed by atoms with Crippen molar-refractivity contribution in [2.24, 2.45) is 0 Å². The number of carbonyl (C=O) groups excluding carboxylic acids is 2. The van der Waals surface area contributed by atoms with Gasteiger partial charge in [-0.25, -0.2) is 0 Å². The Bertz CT molecular complexity index is 970. The van der Waals surface area contributed by atoms with E-state index in [1.165, 1.54) is 0 Å². The molecule has 0 saturated heterocycles. The number of rotatable bonds is 6. The van der Waals surface area contributed by atoms with Crippen molar-refractivity contribution in [3.63, 3.8) is 0 Å². The Kier molecular flexibility index (Phi) is 6.07. The lowest BCUT2D eigenvalue weighted by Gasteiger charge is -2.16. The van der Waals surface area contributed by atoms with Crippen molar-refractivity contribution in [2.75, 3.05) is 12.4 Å². The van der Waals surface area contributed by atoms with Gasteiger partial charge in [0, 0.05) is 5.56 Å². The van der Waals surface area contributed by atoms with Crippen molar-refractivity contribution in [3.05, 3.63) is 95.6 Å². The second-order valence-corrected chi connectivity index (χ2v) is 6.34. The largest absolute Gasteiger partial charge is 0.497 e. The van der Waals surface area contributed by atoms with Crippen LogP contribution in [0.15, 0.2) is 78.9 Å². The Hall–Kier alpha value is -3.60. The van der Waals surface area contributed by atoms with Gasteiger partial charge in [-0.05, 0) is 42.8 Å². The van der Waals surface area contributed by atoms with E-state index in [4.69, 9.17) is 4.74 Å². The van der Waals surface area contributed by atoms with Crippen LogP contribution in [0.1, 0.15) is 39.2 Å². The van der Waals surface area contributed by atoms with Crippen LogP contribution in [-0.4, -0.2) is 18.9 Å². The molecular weight excluding hydrogens is 352 g/mol. The monoisotopic (exact) mass is 374 g/mol. The van der Waals surface area contributed by atoms with Gasteiger partial charge >= 0.3 is 0 Å². The Morgan fingerprint density at radius 2 is 1.57 bits per heavy atom. The Morgan fingerprint density at radius 3 is 2.32 bits per heavy atom. The quantitative estimate of drug-likeness (QED) is 0.670. The summed E-state index contributed by atoms with van der Waals surface area (Å²) in [6.45, 7) is 1.92. The summed E-state index contributed by atoms with van der Waals surface area (Å²) in [7, 11) is 1.55. The zero-order valence-corrected chi connectivity index (χ0v) is 15.8. The molecule has 28 heavy (non-hydrogen) atoms. The van der Waals surface area contributed by atoms with Gasteiger partial charge in [0.05, 0.1) is 24.4 Å². The van der Waals surface area contributed by atoms with E-state index in [0.29, 0.717) is 22.6 Å². The molecule has 0 spiro atoms.